The fourth-order valence-corrected chi connectivity index (χ4v) is 2.98. The lowest BCUT2D eigenvalue weighted by Gasteiger charge is -2.30. The molecule has 0 radical (unpaired) electrons. The Morgan fingerprint density at radius 2 is 2.16 bits per heavy atom. The lowest BCUT2D eigenvalue weighted by atomic mass is 10.1. The van der Waals surface area contributed by atoms with E-state index in [4.69, 9.17) is 4.74 Å². The van der Waals surface area contributed by atoms with Crippen LogP contribution in [0.1, 0.15) is 33.1 Å². The summed E-state index contributed by atoms with van der Waals surface area (Å²) in [6.07, 6.45) is 0.895. The number of isocyanates is 1. The van der Waals surface area contributed by atoms with Gasteiger partial charge in [-0.25, -0.2) is 14.3 Å². The van der Waals surface area contributed by atoms with Crippen LogP contribution < -0.4 is 4.72 Å². The zero-order valence-electron chi connectivity index (χ0n) is 10.8. The number of rotatable bonds is 4. The molecule has 1 unspecified atom stereocenters. The predicted molar refractivity (Wildman–Crippen MR) is 66.1 cm³/mol. The van der Waals surface area contributed by atoms with Crippen molar-refractivity contribution in [2.24, 2.45) is 4.99 Å². The van der Waals surface area contributed by atoms with Crippen LogP contribution in [0.25, 0.3) is 0 Å². The van der Waals surface area contributed by atoms with Crippen LogP contribution in [0.2, 0.25) is 0 Å². The van der Waals surface area contributed by atoms with Gasteiger partial charge in [0.25, 0.3) is 0 Å². The molecule has 1 atom stereocenters. The lowest BCUT2D eigenvalue weighted by Crippen LogP contribution is -2.50. The molecule has 0 spiro atoms. The van der Waals surface area contributed by atoms with E-state index in [0.29, 0.717) is 12.8 Å². The summed E-state index contributed by atoms with van der Waals surface area (Å²) < 4.78 is 31.5. The van der Waals surface area contributed by atoms with Gasteiger partial charge in [-0.3, -0.25) is 0 Å². The monoisotopic (exact) mass is 291 g/mol. The zero-order chi connectivity index (χ0) is 14.5. The number of carbonyl (C=O) groups is 1. The third kappa shape index (κ3) is 4.62. The van der Waals surface area contributed by atoms with Crippen molar-refractivity contribution in [3.63, 3.8) is 0 Å². The van der Waals surface area contributed by atoms with Crippen LogP contribution in [0.5, 0.6) is 0 Å². The fourth-order valence-electron chi connectivity index (χ4n) is 1.76. The Kier molecular flexibility index (Phi) is 5.46. The molecule has 1 saturated heterocycles. The third-order valence-corrected chi connectivity index (χ3v) is 3.96. The van der Waals surface area contributed by atoms with Crippen LogP contribution in [0.3, 0.4) is 0 Å². The van der Waals surface area contributed by atoms with Gasteiger partial charge in [-0.15, -0.1) is 0 Å². The molecule has 1 rings (SSSR count). The number of hydrogen-bond acceptors (Lipinski definition) is 6. The molecular weight excluding hydrogens is 274 g/mol. The van der Waals surface area contributed by atoms with Crippen molar-refractivity contribution in [2.75, 3.05) is 6.54 Å². The summed E-state index contributed by atoms with van der Waals surface area (Å²) in [6, 6.07) is 0. The number of nitrogens with zero attached hydrogens (tertiary/aromatic N) is 2. The molecule has 9 heteroatoms. The Balaban J connectivity index is 2.79. The van der Waals surface area contributed by atoms with Crippen molar-refractivity contribution in [1.82, 2.24) is 9.03 Å². The molecule has 0 aromatic rings. The van der Waals surface area contributed by atoms with E-state index < -0.39 is 28.6 Å². The number of carbonyl (C=O) groups excluding carboxylic acids is 2. The maximum atomic E-state index is 12.0. The first-order chi connectivity index (χ1) is 8.86. The molecular formula is C10H17N3O5S. The van der Waals surface area contributed by atoms with Gasteiger partial charge in [0.1, 0.15) is 6.17 Å². The summed E-state index contributed by atoms with van der Waals surface area (Å²) in [6.45, 7) is 3.40. The van der Waals surface area contributed by atoms with Gasteiger partial charge in [0.15, 0.2) is 0 Å². The van der Waals surface area contributed by atoms with E-state index in [2.05, 4.69) is 4.99 Å². The molecule has 0 aliphatic carbocycles. The first-order valence-electron chi connectivity index (χ1n) is 5.94. The fraction of sp³-hybridized carbons (Fsp3) is 0.800. The van der Waals surface area contributed by atoms with Crippen LogP contribution in [0.15, 0.2) is 4.99 Å². The van der Waals surface area contributed by atoms with Gasteiger partial charge in [0.2, 0.25) is 6.08 Å². The Morgan fingerprint density at radius 1 is 1.47 bits per heavy atom. The van der Waals surface area contributed by atoms with Crippen molar-refractivity contribution in [3.8, 4) is 0 Å². The first kappa shape index (κ1) is 15.6. The highest BCUT2D eigenvalue weighted by atomic mass is 32.2. The van der Waals surface area contributed by atoms with Crippen molar-refractivity contribution in [2.45, 2.75) is 45.4 Å². The summed E-state index contributed by atoms with van der Waals surface area (Å²) in [5.41, 5.74) is 0. The number of nitrogens with one attached hydrogen (secondary N) is 1. The average molecular weight is 291 g/mol. The zero-order valence-corrected chi connectivity index (χ0v) is 11.6. The normalized spacial score (nSPS) is 20.7. The Hall–Kier alpha value is -1.44. The Bertz CT molecular complexity index is 470. The van der Waals surface area contributed by atoms with E-state index in [9.17, 15) is 18.0 Å². The molecule has 0 aromatic carbocycles. The number of amides is 1. The second-order valence-electron chi connectivity index (χ2n) is 4.37. The van der Waals surface area contributed by atoms with Crippen LogP contribution in [-0.4, -0.2) is 43.7 Å². The van der Waals surface area contributed by atoms with E-state index in [1.165, 1.54) is 6.08 Å². The summed E-state index contributed by atoms with van der Waals surface area (Å²) >= 11 is 0. The smallest absolute Gasteiger partial charge is 0.422 e. The lowest BCUT2D eigenvalue weighted by molar-refractivity contribution is 0.120. The number of ether oxygens (including phenoxy) is 1. The van der Waals surface area contributed by atoms with Crippen molar-refractivity contribution in [3.05, 3.63) is 0 Å². The van der Waals surface area contributed by atoms with E-state index in [0.717, 1.165) is 10.7 Å². The highest BCUT2D eigenvalue weighted by molar-refractivity contribution is 7.87. The first-order valence-corrected chi connectivity index (χ1v) is 7.38. The van der Waals surface area contributed by atoms with Gasteiger partial charge in [0.05, 0.1) is 6.10 Å². The molecule has 8 nitrogen and oxygen atoms in total. The highest BCUT2D eigenvalue weighted by Crippen LogP contribution is 2.20. The quantitative estimate of drug-likeness (QED) is 0.600. The minimum atomic E-state index is -4.06. The van der Waals surface area contributed by atoms with Gasteiger partial charge < -0.3 is 4.74 Å². The molecule has 1 amide bonds. The van der Waals surface area contributed by atoms with Crippen molar-refractivity contribution >= 4 is 22.4 Å². The summed E-state index contributed by atoms with van der Waals surface area (Å²) in [4.78, 5) is 25.1. The van der Waals surface area contributed by atoms with E-state index in [-0.39, 0.29) is 6.54 Å². The maximum Gasteiger partial charge on any atom is 0.422 e. The maximum absolute atomic E-state index is 12.0. The molecule has 0 aromatic heterocycles. The molecule has 0 bridgehead atoms. The number of piperidine rings is 1. The second kappa shape index (κ2) is 6.65. The number of aliphatic imine (C=N–C) groups is 1. The molecule has 19 heavy (non-hydrogen) atoms. The van der Waals surface area contributed by atoms with Crippen LogP contribution in [0, 0.1) is 0 Å². The highest BCUT2D eigenvalue weighted by Gasteiger charge is 2.33. The van der Waals surface area contributed by atoms with E-state index >= 15 is 0 Å². The molecule has 1 aliphatic rings. The summed E-state index contributed by atoms with van der Waals surface area (Å²) in [7, 11) is -4.06. The standard InChI is InChI=1S/C10H17N3O5S/c1-8(2)18-10(15)12-19(16,17)13-6-4-3-5-9(13)11-7-14/h8-9H,3-6H2,1-2H3,(H,12,15). The van der Waals surface area contributed by atoms with E-state index in [1.807, 2.05) is 0 Å². The molecule has 1 aliphatic heterocycles. The van der Waals surface area contributed by atoms with Gasteiger partial charge in [-0.05, 0) is 33.1 Å². The van der Waals surface area contributed by atoms with E-state index in [1.54, 1.807) is 18.6 Å². The minimum absolute atomic E-state index is 0.195. The summed E-state index contributed by atoms with van der Waals surface area (Å²) in [5, 5.41) is 0. The van der Waals surface area contributed by atoms with Gasteiger partial charge in [-0.2, -0.15) is 17.7 Å². The molecule has 0 saturated carbocycles. The molecule has 1 fully saturated rings. The largest absolute Gasteiger partial charge is 0.446 e. The third-order valence-electron chi connectivity index (χ3n) is 2.49. The van der Waals surface area contributed by atoms with Crippen molar-refractivity contribution < 1.29 is 22.7 Å². The predicted octanol–water partition coefficient (Wildman–Crippen LogP) is 0.514. The minimum Gasteiger partial charge on any atom is -0.446 e. The number of hydrogen-bond donors (Lipinski definition) is 1. The second-order valence-corrected chi connectivity index (χ2v) is 5.99. The van der Waals surface area contributed by atoms with Crippen LogP contribution >= 0.6 is 0 Å². The Labute approximate surface area is 112 Å². The molecule has 108 valence electrons. The van der Waals surface area contributed by atoms with Gasteiger partial charge >= 0.3 is 16.3 Å². The average Bonchev–Trinajstić information content (AvgIpc) is 2.27. The van der Waals surface area contributed by atoms with Crippen LogP contribution in [-0.2, 0) is 19.7 Å². The Morgan fingerprint density at radius 3 is 2.74 bits per heavy atom. The molecule has 1 N–H and O–H groups in total. The summed E-state index contributed by atoms with van der Waals surface area (Å²) in [5.74, 6) is 0. The van der Waals surface area contributed by atoms with Crippen molar-refractivity contribution in [1.29, 1.82) is 0 Å². The topological polar surface area (TPSA) is 105 Å². The van der Waals surface area contributed by atoms with Gasteiger partial charge in [0, 0.05) is 6.54 Å². The van der Waals surface area contributed by atoms with Crippen LogP contribution in [0.4, 0.5) is 4.79 Å². The van der Waals surface area contributed by atoms with Gasteiger partial charge in [-0.1, -0.05) is 0 Å². The molecule has 1 heterocycles. The SMILES string of the molecule is CC(C)OC(=O)NS(=O)(=O)N1CCCCC1N=C=O.